The lowest BCUT2D eigenvalue weighted by Gasteiger charge is -2.10. The quantitative estimate of drug-likeness (QED) is 0.291. The van der Waals surface area contributed by atoms with E-state index in [9.17, 15) is 9.59 Å². The van der Waals surface area contributed by atoms with Gasteiger partial charge < -0.3 is 9.47 Å². The van der Waals surface area contributed by atoms with Crippen molar-refractivity contribution < 1.29 is 19.1 Å². The molecule has 29 heavy (non-hydrogen) atoms. The van der Waals surface area contributed by atoms with E-state index in [1.165, 1.54) is 18.4 Å². The third kappa shape index (κ3) is 5.15. The van der Waals surface area contributed by atoms with E-state index < -0.39 is 0 Å². The first kappa shape index (κ1) is 21.7. The SMILES string of the molecule is CCCCOC(=O)c1ccc2nc(NC(=O)c3cc(Br)cc(Br)c3OC)sc2c1. The summed E-state index contributed by atoms with van der Waals surface area (Å²) < 4.78 is 12.8. The molecule has 1 N–H and O–H groups in total. The van der Waals surface area contributed by atoms with E-state index in [-0.39, 0.29) is 11.9 Å². The summed E-state index contributed by atoms with van der Waals surface area (Å²) in [7, 11) is 1.50. The minimum absolute atomic E-state index is 0.345. The van der Waals surface area contributed by atoms with Crippen LogP contribution < -0.4 is 10.1 Å². The fourth-order valence-electron chi connectivity index (χ4n) is 2.60. The van der Waals surface area contributed by atoms with Crippen molar-refractivity contribution in [3.8, 4) is 5.75 Å². The summed E-state index contributed by atoms with van der Waals surface area (Å²) in [5.41, 5.74) is 1.53. The highest BCUT2D eigenvalue weighted by Gasteiger charge is 2.18. The number of amides is 1. The molecule has 3 rings (SSSR count). The Balaban J connectivity index is 1.81. The van der Waals surface area contributed by atoms with Gasteiger partial charge in [-0.3, -0.25) is 10.1 Å². The van der Waals surface area contributed by atoms with Gasteiger partial charge in [-0.15, -0.1) is 0 Å². The number of methoxy groups -OCH3 is 1. The molecule has 0 spiro atoms. The Morgan fingerprint density at radius 1 is 1.21 bits per heavy atom. The molecule has 152 valence electrons. The summed E-state index contributed by atoms with van der Waals surface area (Å²) in [6.45, 7) is 2.44. The molecule has 2 aromatic carbocycles. The predicted octanol–water partition coefficient (Wildman–Crippen LogP) is 6.04. The van der Waals surface area contributed by atoms with Crippen LogP contribution in [0.15, 0.2) is 39.3 Å². The van der Waals surface area contributed by atoms with Crippen molar-refractivity contribution in [3.05, 3.63) is 50.4 Å². The maximum Gasteiger partial charge on any atom is 0.338 e. The van der Waals surface area contributed by atoms with Gasteiger partial charge in [-0.2, -0.15) is 0 Å². The average molecular weight is 542 g/mol. The highest BCUT2D eigenvalue weighted by atomic mass is 79.9. The first-order chi connectivity index (χ1) is 13.9. The third-order valence-electron chi connectivity index (χ3n) is 4.03. The van der Waals surface area contributed by atoms with Crippen molar-refractivity contribution in [2.45, 2.75) is 19.8 Å². The molecular formula is C20H18Br2N2O4S. The molecule has 0 atom stereocenters. The summed E-state index contributed by atoms with van der Waals surface area (Å²) in [5, 5.41) is 3.23. The zero-order valence-corrected chi connectivity index (χ0v) is 19.7. The van der Waals surface area contributed by atoms with Gasteiger partial charge in [-0.05, 0) is 52.7 Å². The summed E-state index contributed by atoms with van der Waals surface area (Å²) in [6, 6.07) is 8.63. The Kier molecular flexibility index (Phi) is 7.26. The van der Waals surface area contributed by atoms with Crippen molar-refractivity contribution >= 4 is 70.4 Å². The maximum atomic E-state index is 12.8. The molecule has 0 aliphatic carbocycles. The number of fused-ring (bicyclic) bond motifs is 1. The number of hydrogen-bond acceptors (Lipinski definition) is 6. The molecule has 0 unspecified atom stereocenters. The molecule has 0 saturated heterocycles. The second kappa shape index (κ2) is 9.69. The second-order valence-electron chi connectivity index (χ2n) is 6.11. The van der Waals surface area contributed by atoms with E-state index in [2.05, 4.69) is 42.2 Å². The van der Waals surface area contributed by atoms with Crippen LogP contribution in [0.2, 0.25) is 0 Å². The number of nitrogens with zero attached hydrogens (tertiary/aromatic N) is 1. The highest BCUT2D eigenvalue weighted by Crippen LogP contribution is 2.34. The van der Waals surface area contributed by atoms with Crippen LogP contribution in [0.1, 0.15) is 40.5 Å². The zero-order chi connectivity index (χ0) is 21.0. The van der Waals surface area contributed by atoms with Gasteiger partial charge in [-0.25, -0.2) is 9.78 Å². The van der Waals surface area contributed by atoms with E-state index in [1.807, 2.05) is 6.92 Å². The van der Waals surface area contributed by atoms with Gasteiger partial charge in [0.1, 0.15) is 5.75 Å². The molecule has 0 saturated carbocycles. The fraction of sp³-hybridized carbons (Fsp3) is 0.250. The largest absolute Gasteiger partial charge is 0.495 e. The van der Waals surface area contributed by atoms with Gasteiger partial charge in [-0.1, -0.05) is 40.6 Å². The van der Waals surface area contributed by atoms with Crippen LogP contribution in [-0.4, -0.2) is 30.6 Å². The van der Waals surface area contributed by atoms with Gasteiger partial charge in [0, 0.05) is 4.47 Å². The van der Waals surface area contributed by atoms with Crippen LogP contribution in [0.3, 0.4) is 0 Å². The number of nitrogens with one attached hydrogen (secondary N) is 1. The lowest BCUT2D eigenvalue weighted by molar-refractivity contribution is 0.0500. The lowest BCUT2D eigenvalue weighted by Crippen LogP contribution is -2.13. The number of unbranched alkanes of at least 4 members (excludes halogenated alkanes) is 1. The van der Waals surface area contributed by atoms with Crippen molar-refractivity contribution in [3.63, 3.8) is 0 Å². The average Bonchev–Trinajstić information content (AvgIpc) is 3.08. The molecule has 0 aliphatic rings. The molecule has 9 heteroatoms. The van der Waals surface area contributed by atoms with E-state index >= 15 is 0 Å². The fourth-order valence-corrected chi connectivity index (χ4v) is 4.89. The number of hydrogen-bond donors (Lipinski definition) is 1. The van der Waals surface area contributed by atoms with E-state index in [4.69, 9.17) is 9.47 Å². The number of halogens is 2. The number of carbonyl (C=O) groups is 2. The Morgan fingerprint density at radius 2 is 2.00 bits per heavy atom. The summed E-state index contributed by atoms with van der Waals surface area (Å²) in [6.07, 6.45) is 1.80. The summed E-state index contributed by atoms with van der Waals surface area (Å²) in [5.74, 6) is -0.269. The van der Waals surface area contributed by atoms with Crippen LogP contribution in [-0.2, 0) is 4.74 Å². The van der Waals surface area contributed by atoms with E-state index in [0.29, 0.717) is 38.6 Å². The number of aromatic nitrogens is 1. The van der Waals surface area contributed by atoms with Crippen LogP contribution in [0, 0.1) is 0 Å². The molecule has 0 bridgehead atoms. The smallest absolute Gasteiger partial charge is 0.338 e. The number of thiazole rings is 1. The summed E-state index contributed by atoms with van der Waals surface area (Å²) >= 11 is 8.06. The molecule has 1 amide bonds. The molecular weight excluding hydrogens is 524 g/mol. The zero-order valence-electron chi connectivity index (χ0n) is 15.8. The Hall–Kier alpha value is -1.97. The van der Waals surface area contributed by atoms with Crippen molar-refractivity contribution in [2.75, 3.05) is 19.0 Å². The first-order valence-corrected chi connectivity index (χ1v) is 11.2. The standard InChI is InChI=1S/C20H18Br2N2O4S/c1-3-4-7-28-19(26)11-5-6-15-16(8-11)29-20(23-15)24-18(25)13-9-12(21)10-14(22)17(13)27-2/h5-6,8-10H,3-4,7H2,1-2H3,(H,23,24,25). The Labute approximate surface area is 188 Å². The number of anilines is 1. The van der Waals surface area contributed by atoms with E-state index in [0.717, 1.165) is 22.0 Å². The number of rotatable bonds is 7. The molecule has 6 nitrogen and oxygen atoms in total. The number of ether oxygens (including phenoxy) is 2. The highest BCUT2D eigenvalue weighted by molar-refractivity contribution is 9.11. The van der Waals surface area contributed by atoms with Gasteiger partial charge in [0.25, 0.3) is 5.91 Å². The van der Waals surface area contributed by atoms with Gasteiger partial charge in [0.15, 0.2) is 5.13 Å². The summed E-state index contributed by atoms with van der Waals surface area (Å²) in [4.78, 5) is 29.3. The van der Waals surface area contributed by atoms with Gasteiger partial charge in [0.2, 0.25) is 0 Å². The van der Waals surface area contributed by atoms with Crippen molar-refractivity contribution in [1.82, 2.24) is 4.98 Å². The van der Waals surface area contributed by atoms with Gasteiger partial charge >= 0.3 is 5.97 Å². The Morgan fingerprint density at radius 3 is 2.72 bits per heavy atom. The number of carbonyl (C=O) groups excluding carboxylic acids is 2. The predicted molar refractivity (Wildman–Crippen MR) is 121 cm³/mol. The molecule has 0 aliphatic heterocycles. The van der Waals surface area contributed by atoms with Gasteiger partial charge in [0.05, 0.1) is 39.5 Å². The molecule has 0 radical (unpaired) electrons. The minimum atomic E-state index is -0.358. The van der Waals surface area contributed by atoms with Crippen molar-refractivity contribution in [2.24, 2.45) is 0 Å². The minimum Gasteiger partial charge on any atom is -0.495 e. The molecule has 1 heterocycles. The van der Waals surface area contributed by atoms with Crippen LogP contribution >= 0.6 is 43.2 Å². The molecule has 1 aromatic heterocycles. The monoisotopic (exact) mass is 540 g/mol. The first-order valence-electron chi connectivity index (χ1n) is 8.85. The maximum absolute atomic E-state index is 12.8. The molecule has 0 fully saturated rings. The lowest BCUT2D eigenvalue weighted by atomic mass is 10.2. The number of esters is 1. The Bertz CT molecular complexity index is 1070. The van der Waals surface area contributed by atoms with Crippen LogP contribution in [0.25, 0.3) is 10.2 Å². The van der Waals surface area contributed by atoms with Crippen molar-refractivity contribution in [1.29, 1.82) is 0 Å². The van der Waals surface area contributed by atoms with E-state index in [1.54, 1.807) is 30.3 Å². The third-order valence-corrected chi connectivity index (χ3v) is 6.01. The number of benzene rings is 2. The second-order valence-corrected chi connectivity index (χ2v) is 8.91. The van der Waals surface area contributed by atoms with Crippen LogP contribution in [0.4, 0.5) is 5.13 Å². The van der Waals surface area contributed by atoms with Crippen LogP contribution in [0.5, 0.6) is 5.75 Å². The normalized spacial score (nSPS) is 10.8. The topological polar surface area (TPSA) is 77.5 Å². The molecule has 3 aromatic rings.